The van der Waals surface area contributed by atoms with E-state index in [2.05, 4.69) is 76.9 Å². The number of ether oxygens (including phenoxy) is 8. The number of aryl methyl sites for hydroxylation is 2. The number of nitrogens with zero attached hydrogens (tertiary/aromatic N) is 4. The van der Waals surface area contributed by atoms with Crippen molar-refractivity contribution in [2.45, 2.75) is 127 Å². The van der Waals surface area contributed by atoms with Crippen LogP contribution in [0.2, 0.25) is 0 Å². The van der Waals surface area contributed by atoms with Crippen molar-refractivity contribution in [2.75, 3.05) is 129 Å². The van der Waals surface area contributed by atoms with Gasteiger partial charge in [-0.2, -0.15) is 8.62 Å². The van der Waals surface area contributed by atoms with Crippen molar-refractivity contribution in [3.05, 3.63) is 103 Å². The van der Waals surface area contributed by atoms with Crippen molar-refractivity contribution in [1.29, 1.82) is 0 Å². The van der Waals surface area contributed by atoms with E-state index < -0.39 is 70.0 Å². The molecule has 4 aromatic rings. The van der Waals surface area contributed by atoms with E-state index in [1.165, 1.54) is 57.2 Å². The molecule has 8 heterocycles. The number of benzene rings is 3. The molecule has 592 valence electrons. The van der Waals surface area contributed by atoms with Gasteiger partial charge in [-0.1, -0.05) is 42.9 Å². The number of Topliss-reactive ketones (excluding diaryl/α,β-unsaturated/α-hetero) is 1. The smallest absolute Gasteiger partial charge is 0.478 e. The fraction of sp³-hybridized carbons (Fsp3) is 0.557. The van der Waals surface area contributed by atoms with Crippen LogP contribution in [-0.2, 0) is 111 Å². The Labute approximate surface area is 642 Å². The van der Waals surface area contributed by atoms with Crippen molar-refractivity contribution >= 4 is 119 Å². The molecule has 7 aliphatic rings. The summed E-state index contributed by atoms with van der Waals surface area (Å²) in [4.78, 5) is 106. The van der Waals surface area contributed by atoms with Gasteiger partial charge >= 0.3 is 35.5 Å². The normalized spacial score (nSPS) is 18.9. The first-order chi connectivity index (χ1) is 51.6. The molecule has 1 fully saturated rings. The van der Waals surface area contributed by atoms with Crippen LogP contribution < -0.4 is 40.7 Å². The van der Waals surface area contributed by atoms with Gasteiger partial charge in [0.25, 0.3) is 5.91 Å². The third-order valence-corrected chi connectivity index (χ3v) is 25.9. The van der Waals surface area contributed by atoms with Gasteiger partial charge in [-0.05, 0) is 131 Å². The van der Waals surface area contributed by atoms with Crippen molar-refractivity contribution in [1.82, 2.24) is 25.1 Å². The number of anilines is 1. The molecule has 0 radical (unpaired) electrons. The lowest BCUT2D eigenvalue weighted by molar-refractivity contribution is -0.119. The first-order valence-electron chi connectivity index (χ1n) is 35.5. The summed E-state index contributed by atoms with van der Waals surface area (Å²) in [6.45, 7) is 12.7. The summed E-state index contributed by atoms with van der Waals surface area (Å²) in [5.41, 5.74) is 9.70. The number of hydrogen-bond acceptors (Lipinski definition) is 24. The van der Waals surface area contributed by atoms with Gasteiger partial charge in [0.15, 0.2) is 5.78 Å². The van der Waals surface area contributed by atoms with Crippen LogP contribution in [-0.4, -0.2) is 206 Å². The minimum atomic E-state index is -5.74. The topological polar surface area (TPSA) is 399 Å². The number of methoxy groups -OCH3 is 1. The molecular formula is C70H95N7O24P3S4+. The molecule has 38 heteroatoms. The van der Waals surface area contributed by atoms with Crippen LogP contribution in [0.25, 0.3) is 5.57 Å². The Morgan fingerprint density at radius 2 is 1.57 bits per heavy atom. The first kappa shape index (κ1) is 84.7. The number of carboxylic acid groups (broad SMARTS) is 1. The lowest BCUT2D eigenvalue weighted by Gasteiger charge is -2.39. The molecule has 6 atom stereocenters. The Kier molecular flexibility index (Phi) is 30.7. The highest BCUT2D eigenvalue weighted by Gasteiger charge is 2.45. The van der Waals surface area contributed by atoms with E-state index in [1.54, 1.807) is 53.2 Å². The fourth-order valence-corrected chi connectivity index (χ4v) is 19.5. The molecule has 0 saturated carbocycles. The number of carbonyl (C=O) groups excluding carboxylic acids is 4. The maximum Gasteiger partial charge on any atom is 0.490 e. The lowest BCUT2D eigenvalue weighted by atomic mass is 9.81. The highest BCUT2D eigenvalue weighted by Crippen LogP contribution is 2.66. The molecule has 1 saturated heterocycles. The second-order valence-electron chi connectivity index (χ2n) is 26.8. The van der Waals surface area contributed by atoms with Crippen molar-refractivity contribution in [2.24, 2.45) is 4.99 Å². The molecular weight excluding hydrogens is 1540 g/mol. The lowest BCUT2D eigenvalue weighted by Crippen LogP contribution is -2.45. The number of unbranched alkanes of at least 4 members (excludes halogenated alkanes) is 1. The standard InChI is InChI=1S/C41H46N4O7.C29H46N3O17P3S4.H2/c1-25(46)42-12-18-50-20-21-51-19-13-43-40(47)28-10-11-29(41(48)49)32(24-28)35-33-22-26-6-2-14-44-16-4-8-30(36(26)44)38(33)52-39-31-9-5-17-45-15-3-7-27(37(31)45)23-34(35)39;1-29(2,10-15-42-3)55-54-19-43-13-5-6-14-44-28(34)31-11-7-8-21-17-32(27-26(21)22(33)9-12-30-27)25-16-23(45-20-56(4)53)24(47-25)18-46-51(38,39)49-52(40,41)48-50(35,36)37;/h10-11,22-24H,2-9,12-21H2,1H3,(H2-,42,43,46,47,48,49);12,17,23-25H,5-6,9-11,13-16,18-20H2,1-4H3,(H,31,34)(H,38,39)(H,40,41)(H2,35,36,37);1H/p+1/t;23-,24+,25+,56?;/m.0./s1. The van der Waals surface area contributed by atoms with E-state index >= 15 is 0 Å². The molecule has 1 aromatic heterocycles. The molecule has 3 unspecified atom stereocenters. The average Bonchev–Trinajstić information content (AvgIpc) is 1.04. The number of phosphoric ester groups is 1. The quantitative estimate of drug-likeness (QED) is 0.00481. The zero-order chi connectivity index (χ0) is 77.3. The van der Waals surface area contributed by atoms with Gasteiger partial charge in [0.2, 0.25) is 11.3 Å². The number of hydrogen-bond donors (Lipinski definition) is 8. The molecule has 0 aliphatic carbocycles. The number of nitrogens with one attached hydrogen (secondary N) is 3. The summed E-state index contributed by atoms with van der Waals surface area (Å²) in [6, 6.07) is 9.42. The van der Waals surface area contributed by atoms with Gasteiger partial charge in [0.05, 0.1) is 80.5 Å². The molecule has 31 nitrogen and oxygen atoms in total. The minimum Gasteiger partial charge on any atom is -0.478 e. The number of phosphoric acid groups is 3. The Balaban J connectivity index is 0.000000249. The molecule has 8 N–H and O–H groups in total. The summed E-state index contributed by atoms with van der Waals surface area (Å²) < 4.78 is 97.6. The summed E-state index contributed by atoms with van der Waals surface area (Å²) in [7, 11) is -12.3. The van der Waals surface area contributed by atoms with Crippen LogP contribution in [0.5, 0.6) is 11.5 Å². The van der Waals surface area contributed by atoms with Crippen LogP contribution in [0, 0.1) is 11.8 Å². The number of aromatic carboxylic acids is 1. The van der Waals surface area contributed by atoms with Gasteiger partial charge in [0.1, 0.15) is 48.7 Å². The van der Waals surface area contributed by atoms with E-state index in [1.807, 2.05) is 0 Å². The Morgan fingerprint density at radius 3 is 2.31 bits per heavy atom. The number of carboxylic acids is 1. The maximum absolute atomic E-state index is 13.6. The highest BCUT2D eigenvalue weighted by molar-refractivity contribution is 8.77. The second-order valence-corrected chi connectivity index (χ2v) is 37.3. The maximum atomic E-state index is 13.6. The SMILES string of the molecule is CC(=O)NCCOCCOCCNC(=O)c1ccc(C(=O)O)c(C2=c3cc4c5c(c3Oc3c2cc2c6c3CCCN6CCC2)CCC[N+]=5CCC4)c1.COCCC(C)(C)SSCOCCCCOC(=O)NCC#Cc1cn([C@H]2C[C@H](OCS(C)=S)[C@@H](COP(=O)(O)OP(=O)(O)OP(=O)(O)O)O2)c2c1C(=O)CC=N2.[HH]. The molecule has 11 rings (SSSR count). The number of aliphatic imine (C=N–C) groups is 1. The molecule has 108 heavy (non-hydrogen) atoms. The zero-order valence-corrected chi connectivity index (χ0v) is 66.7. The summed E-state index contributed by atoms with van der Waals surface area (Å²) in [5, 5.41) is 21.0. The highest BCUT2D eigenvalue weighted by atomic mass is 33.1. The summed E-state index contributed by atoms with van der Waals surface area (Å²) in [6.07, 6.45) is 11.6. The van der Waals surface area contributed by atoms with E-state index in [9.17, 15) is 52.6 Å². The van der Waals surface area contributed by atoms with Crippen LogP contribution >= 0.6 is 45.1 Å². The summed E-state index contributed by atoms with van der Waals surface area (Å²) in [5.74, 6) is 6.53. The van der Waals surface area contributed by atoms with E-state index in [0.717, 1.165) is 112 Å². The van der Waals surface area contributed by atoms with Crippen LogP contribution in [0.1, 0.15) is 156 Å². The van der Waals surface area contributed by atoms with E-state index in [4.69, 9.17) is 63.4 Å². The van der Waals surface area contributed by atoms with Crippen molar-refractivity contribution in [3.8, 4) is 23.3 Å². The Bertz CT molecular complexity index is 4410. The number of carbonyl (C=O) groups is 5. The van der Waals surface area contributed by atoms with Gasteiger partial charge in [-0.3, -0.25) is 18.9 Å². The van der Waals surface area contributed by atoms with Crippen LogP contribution in [0.3, 0.4) is 0 Å². The number of aromatic nitrogens is 1. The predicted octanol–water partition coefficient (Wildman–Crippen LogP) is 7.45. The van der Waals surface area contributed by atoms with Crippen molar-refractivity contribution in [3.63, 3.8) is 0 Å². The molecule has 3 aromatic carbocycles. The minimum absolute atomic E-state index is 0. The second kappa shape index (κ2) is 39.1. The molecule has 7 aliphatic heterocycles. The van der Waals surface area contributed by atoms with Gasteiger partial charge < -0.3 is 88.0 Å². The van der Waals surface area contributed by atoms with Crippen LogP contribution in [0.4, 0.5) is 16.3 Å². The zero-order valence-electron chi connectivity index (χ0n) is 60.7. The third-order valence-electron chi connectivity index (χ3n) is 18.3. The molecule has 3 amide bonds. The number of fused-ring (bicyclic) bond motifs is 5. The number of rotatable bonds is 36. The van der Waals surface area contributed by atoms with E-state index in [0.29, 0.717) is 81.7 Å². The molecule has 0 bridgehead atoms. The average molecular weight is 1640 g/mol. The third kappa shape index (κ3) is 23.2. The number of ketones is 1. The first-order valence-corrected chi connectivity index (χ1v) is 45.1. The largest absolute Gasteiger partial charge is 0.490 e. The van der Waals surface area contributed by atoms with E-state index in [-0.39, 0.29) is 79.2 Å². The van der Waals surface area contributed by atoms with Crippen LogP contribution in [0.15, 0.2) is 41.5 Å². The van der Waals surface area contributed by atoms with Gasteiger partial charge in [-0.15, -0.1) is 0 Å². The predicted molar refractivity (Wildman–Crippen MR) is 411 cm³/mol. The monoisotopic (exact) mass is 1640 g/mol. The number of amides is 3. The Morgan fingerprint density at radius 1 is 0.852 bits per heavy atom. The van der Waals surface area contributed by atoms with Crippen molar-refractivity contribution < 1.29 is 115 Å². The Hall–Kier alpha value is -5.77. The number of alkyl carbamates (subject to hydrolysis) is 1. The van der Waals surface area contributed by atoms with Gasteiger partial charge in [-0.25, -0.2) is 32.9 Å². The molecule has 0 spiro atoms. The summed E-state index contributed by atoms with van der Waals surface area (Å²) >= 11 is 5.20. The fourth-order valence-electron chi connectivity index (χ4n) is 13.7. The van der Waals surface area contributed by atoms with Gasteiger partial charge in [0, 0.05) is 136 Å².